The summed E-state index contributed by atoms with van der Waals surface area (Å²) in [5, 5.41) is 4.29. The van der Waals surface area contributed by atoms with Gasteiger partial charge in [0.15, 0.2) is 5.11 Å². The molecule has 1 aromatic rings. The lowest BCUT2D eigenvalue weighted by Gasteiger charge is -2.43. The molecule has 2 atom stereocenters. The fourth-order valence-corrected chi connectivity index (χ4v) is 4.29. The molecule has 0 saturated carbocycles. The molecule has 1 aromatic heterocycles. The zero-order valence-electron chi connectivity index (χ0n) is 14.7. The Morgan fingerprint density at radius 2 is 2.08 bits per heavy atom. The minimum absolute atomic E-state index is 0.135. The van der Waals surface area contributed by atoms with Gasteiger partial charge in [-0.1, -0.05) is 19.9 Å². The molecule has 24 heavy (non-hydrogen) atoms. The van der Waals surface area contributed by atoms with Crippen molar-refractivity contribution in [3.05, 3.63) is 34.2 Å². The van der Waals surface area contributed by atoms with Crippen molar-refractivity contribution in [2.75, 3.05) is 39.3 Å². The molecule has 0 amide bonds. The molecule has 3 heterocycles. The molecule has 1 saturated heterocycles. The molecule has 0 spiro atoms. The second-order valence-electron chi connectivity index (χ2n) is 6.86. The van der Waals surface area contributed by atoms with E-state index in [2.05, 4.69) is 35.0 Å². The number of pyridine rings is 1. The Balaban J connectivity index is 1.60. The first-order valence-electron chi connectivity index (χ1n) is 9.07. The van der Waals surface area contributed by atoms with E-state index in [1.54, 1.807) is 6.07 Å². The van der Waals surface area contributed by atoms with Gasteiger partial charge in [-0.15, -0.1) is 0 Å². The number of piperidine rings is 1. The van der Waals surface area contributed by atoms with Crippen molar-refractivity contribution >= 4 is 17.3 Å². The third-order valence-electron chi connectivity index (χ3n) is 5.37. The molecule has 0 aromatic carbocycles. The largest absolute Gasteiger partial charge is 0.361 e. The van der Waals surface area contributed by atoms with Crippen LogP contribution < -0.4 is 10.9 Å². The van der Waals surface area contributed by atoms with E-state index in [1.165, 1.54) is 12.1 Å². The summed E-state index contributed by atoms with van der Waals surface area (Å²) in [6, 6.07) is 5.65. The van der Waals surface area contributed by atoms with E-state index in [0.29, 0.717) is 11.8 Å². The molecule has 1 fully saturated rings. The lowest BCUT2D eigenvalue weighted by molar-refractivity contribution is 0.177. The fraction of sp³-hybridized carbons (Fsp3) is 0.667. The lowest BCUT2D eigenvalue weighted by atomic mass is 9.83. The molecule has 3 rings (SSSR count). The number of fused-ring (bicyclic) bond motifs is 4. The van der Waals surface area contributed by atoms with Crippen LogP contribution in [0, 0.1) is 5.92 Å². The van der Waals surface area contributed by atoms with Gasteiger partial charge in [-0.25, -0.2) is 0 Å². The molecule has 0 radical (unpaired) electrons. The van der Waals surface area contributed by atoms with Gasteiger partial charge in [-0.3, -0.25) is 4.79 Å². The number of rotatable bonds is 5. The van der Waals surface area contributed by atoms with Crippen molar-refractivity contribution in [3.8, 4) is 0 Å². The predicted molar refractivity (Wildman–Crippen MR) is 102 cm³/mol. The minimum atomic E-state index is 0.135. The Kier molecular flexibility index (Phi) is 5.56. The highest BCUT2D eigenvalue weighted by Crippen LogP contribution is 2.34. The van der Waals surface area contributed by atoms with E-state index in [4.69, 9.17) is 12.2 Å². The monoisotopic (exact) mass is 348 g/mol. The Morgan fingerprint density at radius 3 is 2.83 bits per heavy atom. The van der Waals surface area contributed by atoms with Crippen LogP contribution in [0.25, 0.3) is 0 Å². The van der Waals surface area contributed by atoms with Gasteiger partial charge in [0.1, 0.15) is 0 Å². The van der Waals surface area contributed by atoms with E-state index in [0.717, 1.165) is 50.9 Å². The van der Waals surface area contributed by atoms with Crippen LogP contribution in [-0.4, -0.2) is 58.7 Å². The van der Waals surface area contributed by atoms with E-state index in [-0.39, 0.29) is 5.56 Å². The van der Waals surface area contributed by atoms with Crippen molar-refractivity contribution in [1.29, 1.82) is 0 Å². The Bertz CT molecular complexity index is 640. The number of nitrogens with one attached hydrogen (secondary N) is 1. The van der Waals surface area contributed by atoms with Crippen molar-refractivity contribution in [2.45, 2.75) is 32.7 Å². The Labute approximate surface area is 149 Å². The summed E-state index contributed by atoms with van der Waals surface area (Å²) in [4.78, 5) is 16.8. The summed E-state index contributed by atoms with van der Waals surface area (Å²) < 4.78 is 1.97. The van der Waals surface area contributed by atoms with Crippen LogP contribution in [-0.2, 0) is 6.54 Å². The maximum absolute atomic E-state index is 12.1. The molecule has 2 aliphatic rings. The molecule has 0 aliphatic carbocycles. The summed E-state index contributed by atoms with van der Waals surface area (Å²) in [7, 11) is 0. The van der Waals surface area contributed by atoms with Crippen LogP contribution in [0.4, 0.5) is 0 Å². The van der Waals surface area contributed by atoms with Gasteiger partial charge < -0.3 is 19.7 Å². The predicted octanol–water partition coefficient (Wildman–Crippen LogP) is 1.48. The van der Waals surface area contributed by atoms with Gasteiger partial charge in [-0.05, 0) is 43.7 Å². The number of thiocarbonyl (C=S) groups is 1. The zero-order valence-corrected chi connectivity index (χ0v) is 15.5. The maximum atomic E-state index is 12.1. The molecule has 132 valence electrons. The van der Waals surface area contributed by atoms with Gasteiger partial charge in [0.05, 0.1) is 0 Å². The third kappa shape index (κ3) is 3.64. The first-order chi connectivity index (χ1) is 11.6. The van der Waals surface area contributed by atoms with Crippen molar-refractivity contribution in [3.63, 3.8) is 0 Å². The molecule has 1 N–H and O–H groups in total. The van der Waals surface area contributed by atoms with Crippen molar-refractivity contribution in [2.24, 2.45) is 5.92 Å². The smallest absolute Gasteiger partial charge is 0.250 e. The van der Waals surface area contributed by atoms with Gasteiger partial charge in [0, 0.05) is 50.4 Å². The maximum Gasteiger partial charge on any atom is 0.250 e. The van der Waals surface area contributed by atoms with Crippen LogP contribution >= 0.6 is 12.2 Å². The number of aromatic nitrogens is 1. The normalized spacial score (nSPS) is 22.4. The highest BCUT2D eigenvalue weighted by molar-refractivity contribution is 7.80. The molecule has 5 nitrogen and oxygen atoms in total. The van der Waals surface area contributed by atoms with E-state index >= 15 is 0 Å². The molecule has 0 unspecified atom stereocenters. The summed E-state index contributed by atoms with van der Waals surface area (Å²) in [6.45, 7) is 11.1. The second kappa shape index (κ2) is 7.66. The van der Waals surface area contributed by atoms with Crippen LogP contribution in [0.3, 0.4) is 0 Å². The van der Waals surface area contributed by atoms with Crippen molar-refractivity contribution in [1.82, 2.24) is 19.7 Å². The second-order valence-corrected chi connectivity index (χ2v) is 7.25. The first-order valence-corrected chi connectivity index (χ1v) is 9.48. The number of likely N-dealkylation sites (N-methyl/N-ethyl adjacent to an activating group) is 1. The summed E-state index contributed by atoms with van der Waals surface area (Å²) in [5.74, 6) is 0.924. The van der Waals surface area contributed by atoms with Crippen molar-refractivity contribution < 1.29 is 0 Å². The molecule has 2 aliphatic heterocycles. The summed E-state index contributed by atoms with van der Waals surface area (Å²) >= 11 is 5.63. The number of hydrogen-bond donors (Lipinski definition) is 1. The van der Waals surface area contributed by atoms with Gasteiger partial charge in [-0.2, -0.15) is 0 Å². The topological polar surface area (TPSA) is 40.5 Å². The summed E-state index contributed by atoms with van der Waals surface area (Å²) in [5.41, 5.74) is 1.31. The average Bonchev–Trinajstić information content (AvgIpc) is 2.59. The Morgan fingerprint density at radius 1 is 1.29 bits per heavy atom. The standard InChI is InChI=1S/C18H28N4OS/c1-3-20(4-2)9-8-19-18(24)21-11-14-10-15(13-21)16-6-5-7-17(23)22(16)12-14/h5-7,14-15H,3-4,8-13H2,1-2H3,(H,19,24)/t14-,15+/m0/s1. The van der Waals surface area contributed by atoms with E-state index < -0.39 is 0 Å². The van der Waals surface area contributed by atoms with E-state index in [9.17, 15) is 4.79 Å². The van der Waals surface area contributed by atoms with Gasteiger partial charge >= 0.3 is 0 Å². The first kappa shape index (κ1) is 17.4. The Hall–Kier alpha value is -1.40. The molecular weight excluding hydrogens is 320 g/mol. The SMILES string of the molecule is CCN(CC)CCNC(=S)N1C[C@@H]2C[C@H](C1)c1cccc(=O)n1C2. The number of likely N-dealkylation sites (tertiary alicyclic amines) is 1. The number of hydrogen-bond acceptors (Lipinski definition) is 3. The van der Waals surface area contributed by atoms with Crippen LogP contribution in [0.15, 0.2) is 23.0 Å². The van der Waals surface area contributed by atoms with Gasteiger partial charge in [0.25, 0.3) is 5.56 Å². The highest BCUT2D eigenvalue weighted by atomic mass is 32.1. The van der Waals surface area contributed by atoms with Gasteiger partial charge in [0.2, 0.25) is 0 Å². The van der Waals surface area contributed by atoms with Crippen LogP contribution in [0.5, 0.6) is 0 Å². The number of nitrogens with zero attached hydrogens (tertiary/aromatic N) is 3. The third-order valence-corrected chi connectivity index (χ3v) is 5.77. The van der Waals surface area contributed by atoms with E-state index in [1.807, 2.05) is 10.6 Å². The minimum Gasteiger partial charge on any atom is -0.361 e. The molecule has 6 heteroatoms. The average molecular weight is 349 g/mol. The molecule has 2 bridgehead atoms. The highest BCUT2D eigenvalue weighted by Gasteiger charge is 2.35. The fourth-order valence-electron chi connectivity index (χ4n) is 4.03. The lowest BCUT2D eigenvalue weighted by Crippen LogP contribution is -2.52. The molecular formula is C18H28N4OS. The van der Waals surface area contributed by atoms with Crippen LogP contribution in [0.1, 0.15) is 31.9 Å². The quantitative estimate of drug-likeness (QED) is 0.817. The van der Waals surface area contributed by atoms with Crippen LogP contribution in [0.2, 0.25) is 0 Å². The zero-order chi connectivity index (χ0) is 17.1. The summed E-state index contributed by atoms with van der Waals surface area (Å²) in [6.07, 6.45) is 1.17.